The summed E-state index contributed by atoms with van der Waals surface area (Å²) in [7, 11) is 0. The Hall–Kier alpha value is -2.17. The van der Waals surface area contributed by atoms with Crippen molar-refractivity contribution in [2.75, 3.05) is 4.90 Å². The Balaban J connectivity index is 1.62. The van der Waals surface area contributed by atoms with E-state index in [4.69, 9.17) is 0 Å². The highest BCUT2D eigenvalue weighted by atomic mass is 16.4. The Labute approximate surface area is 127 Å². The van der Waals surface area contributed by atoms with Crippen LogP contribution in [0.5, 0.6) is 0 Å². The van der Waals surface area contributed by atoms with Crippen LogP contribution in [0.4, 0.5) is 5.69 Å². The third-order valence-electron chi connectivity index (χ3n) is 5.47. The molecule has 2 amide bonds. The number of carboxylic acid groups (broad SMARTS) is 1. The van der Waals surface area contributed by atoms with Crippen molar-refractivity contribution in [1.29, 1.82) is 0 Å². The van der Waals surface area contributed by atoms with Crippen LogP contribution in [-0.4, -0.2) is 17.8 Å². The molecule has 22 heavy (non-hydrogen) atoms. The Morgan fingerprint density at radius 2 is 1.59 bits per heavy atom. The number of anilines is 1. The summed E-state index contributed by atoms with van der Waals surface area (Å²) in [4.78, 5) is 37.2. The minimum Gasteiger partial charge on any atom is -0.550 e. The second kappa shape index (κ2) is 4.66. The van der Waals surface area contributed by atoms with Crippen LogP contribution >= 0.6 is 0 Å². The van der Waals surface area contributed by atoms with E-state index in [2.05, 4.69) is 0 Å². The number of rotatable bonds is 3. The third-order valence-corrected chi connectivity index (χ3v) is 5.47. The fourth-order valence-corrected chi connectivity index (χ4v) is 4.59. The van der Waals surface area contributed by atoms with E-state index < -0.39 is 5.97 Å². The summed E-state index contributed by atoms with van der Waals surface area (Å²) in [6.07, 6.45) is 2.97. The van der Waals surface area contributed by atoms with Gasteiger partial charge in [-0.15, -0.1) is 0 Å². The van der Waals surface area contributed by atoms with Gasteiger partial charge < -0.3 is 9.90 Å². The van der Waals surface area contributed by atoms with Crippen molar-refractivity contribution in [2.24, 2.45) is 23.7 Å². The predicted molar refractivity (Wildman–Crippen MR) is 75.5 cm³/mol. The number of aliphatic carboxylic acids is 1. The highest BCUT2D eigenvalue weighted by molar-refractivity contribution is 6.22. The molecule has 5 heteroatoms. The maximum Gasteiger partial charge on any atom is 0.237 e. The van der Waals surface area contributed by atoms with E-state index in [0.717, 1.165) is 19.3 Å². The van der Waals surface area contributed by atoms with Crippen molar-refractivity contribution in [3.8, 4) is 0 Å². The number of benzene rings is 1. The van der Waals surface area contributed by atoms with Gasteiger partial charge in [-0.05, 0) is 48.8 Å². The SMILES string of the molecule is O=C([O-])Cc1ccc(N2C(=O)[C@@H]3[C@H]4CC[C@@H](C4)[C@@H]3C2=O)cc1. The van der Waals surface area contributed by atoms with Gasteiger partial charge >= 0.3 is 0 Å². The van der Waals surface area contributed by atoms with Crippen molar-refractivity contribution in [1.82, 2.24) is 0 Å². The first-order valence-corrected chi connectivity index (χ1v) is 7.73. The first-order chi connectivity index (χ1) is 10.6. The second-order valence-corrected chi connectivity index (χ2v) is 6.61. The van der Waals surface area contributed by atoms with Crippen LogP contribution < -0.4 is 10.0 Å². The average molecular weight is 298 g/mol. The van der Waals surface area contributed by atoms with Gasteiger partial charge in [0.15, 0.2) is 0 Å². The zero-order valence-corrected chi connectivity index (χ0v) is 12.0. The van der Waals surface area contributed by atoms with Crippen molar-refractivity contribution in [2.45, 2.75) is 25.7 Å². The van der Waals surface area contributed by atoms with E-state index in [1.165, 1.54) is 4.90 Å². The molecular weight excluding hydrogens is 282 g/mol. The summed E-state index contributed by atoms with van der Waals surface area (Å²) < 4.78 is 0. The van der Waals surface area contributed by atoms with Crippen LogP contribution in [0.2, 0.25) is 0 Å². The van der Waals surface area contributed by atoms with E-state index in [-0.39, 0.29) is 30.1 Å². The molecule has 2 saturated carbocycles. The number of carbonyl (C=O) groups excluding carboxylic acids is 3. The normalized spacial score (nSPS) is 32.6. The Morgan fingerprint density at radius 1 is 1.05 bits per heavy atom. The molecule has 1 aromatic rings. The van der Waals surface area contributed by atoms with Gasteiger partial charge in [0.2, 0.25) is 11.8 Å². The molecule has 2 bridgehead atoms. The lowest BCUT2D eigenvalue weighted by molar-refractivity contribution is -0.304. The summed E-state index contributed by atoms with van der Waals surface area (Å²) in [6.45, 7) is 0. The minimum absolute atomic E-state index is 0.0742. The minimum atomic E-state index is -1.15. The number of carboxylic acids is 1. The first-order valence-electron chi connectivity index (χ1n) is 7.73. The molecule has 0 spiro atoms. The van der Waals surface area contributed by atoms with Crippen molar-refractivity contribution in [3.63, 3.8) is 0 Å². The highest BCUT2D eigenvalue weighted by Crippen LogP contribution is 2.56. The maximum atomic E-state index is 12.7. The van der Waals surface area contributed by atoms with Gasteiger partial charge in [0.25, 0.3) is 0 Å². The lowest BCUT2D eigenvalue weighted by Crippen LogP contribution is -2.32. The van der Waals surface area contributed by atoms with Gasteiger partial charge in [0.05, 0.1) is 17.5 Å². The van der Waals surface area contributed by atoms with E-state index in [9.17, 15) is 19.5 Å². The van der Waals surface area contributed by atoms with E-state index in [1.54, 1.807) is 24.3 Å². The highest BCUT2D eigenvalue weighted by Gasteiger charge is 2.61. The molecule has 4 atom stereocenters. The molecule has 1 aliphatic heterocycles. The van der Waals surface area contributed by atoms with Crippen molar-refractivity contribution in [3.05, 3.63) is 29.8 Å². The zero-order chi connectivity index (χ0) is 15.4. The van der Waals surface area contributed by atoms with Crippen molar-refractivity contribution >= 4 is 23.5 Å². The lowest BCUT2D eigenvalue weighted by atomic mass is 9.81. The molecule has 5 nitrogen and oxygen atoms in total. The molecule has 3 aliphatic rings. The van der Waals surface area contributed by atoms with Gasteiger partial charge in [-0.2, -0.15) is 0 Å². The maximum absolute atomic E-state index is 12.7. The number of carbonyl (C=O) groups is 3. The molecule has 1 heterocycles. The van der Waals surface area contributed by atoms with E-state index in [1.807, 2.05) is 0 Å². The fourth-order valence-electron chi connectivity index (χ4n) is 4.59. The van der Waals surface area contributed by atoms with Crippen LogP contribution in [-0.2, 0) is 20.8 Å². The zero-order valence-electron chi connectivity index (χ0n) is 12.0. The van der Waals surface area contributed by atoms with Gasteiger partial charge in [0, 0.05) is 12.4 Å². The Kier molecular flexibility index (Phi) is 2.86. The van der Waals surface area contributed by atoms with Crippen molar-refractivity contribution < 1.29 is 19.5 Å². The first kappa shape index (κ1) is 13.5. The third kappa shape index (κ3) is 1.81. The summed E-state index contributed by atoms with van der Waals surface area (Å²) in [6, 6.07) is 6.57. The van der Waals surface area contributed by atoms with Crippen LogP contribution in [0.3, 0.4) is 0 Å². The largest absolute Gasteiger partial charge is 0.550 e. The molecule has 2 aliphatic carbocycles. The summed E-state index contributed by atoms with van der Waals surface area (Å²) in [5, 5.41) is 10.6. The van der Waals surface area contributed by atoms with E-state index >= 15 is 0 Å². The summed E-state index contributed by atoms with van der Waals surface area (Å²) in [5.74, 6) is -0.817. The molecule has 114 valence electrons. The van der Waals surface area contributed by atoms with Gasteiger partial charge in [-0.1, -0.05) is 12.1 Å². The monoisotopic (exact) mass is 298 g/mol. The molecule has 0 aromatic heterocycles. The molecule has 1 aromatic carbocycles. The Bertz CT molecular complexity index is 638. The molecule has 1 saturated heterocycles. The van der Waals surface area contributed by atoms with Crippen LogP contribution in [0, 0.1) is 23.7 Å². The van der Waals surface area contributed by atoms with Gasteiger partial charge in [-0.25, -0.2) is 0 Å². The lowest BCUT2D eigenvalue weighted by Gasteiger charge is -2.19. The molecule has 0 radical (unpaired) electrons. The van der Waals surface area contributed by atoms with Crippen LogP contribution in [0.1, 0.15) is 24.8 Å². The van der Waals surface area contributed by atoms with Gasteiger partial charge in [0.1, 0.15) is 0 Å². The smallest absolute Gasteiger partial charge is 0.237 e. The Morgan fingerprint density at radius 3 is 2.09 bits per heavy atom. The molecule has 4 rings (SSSR count). The number of hydrogen-bond acceptors (Lipinski definition) is 4. The quantitative estimate of drug-likeness (QED) is 0.762. The standard InChI is InChI=1S/C17H17NO4/c19-13(20)7-9-1-5-12(6-2-9)18-16(21)14-10-3-4-11(8-10)15(14)17(18)22/h1-2,5-6,10-11,14-15H,3-4,7-8H2,(H,19,20)/p-1/t10-,11-,14-,15+/m0/s1. The average Bonchev–Trinajstić information content (AvgIpc) is 3.14. The second-order valence-electron chi connectivity index (χ2n) is 6.61. The summed E-state index contributed by atoms with van der Waals surface area (Å²) >= 11 is 0. The fraction of sp³-hybridized carbons (Fsp3) is 0.471. The van der Waals surface area contributed by atoms with Crippen LogP contribution in [0.25, 0.3) is 0 Å². The van der Waals surface area contributed by atoms with Crippen LogP contribution in [0.15, 0.2) is 24.3 Å². The number of amides is 2. The topological polar surface area (TPSA) is 77.5 Å². The molecule has 0 N–H and O–H groups in total. The number of hydrogen-bond donors (Lipinski definition) is 0. The molecular formula is C17H16NO4-. The molecule has 0 unspecified atom stereocenters. The summed E-state index contributed by atoms with van der Waals surface area (Å²) in [5.41, 5.74) is 1.15. The number of imide groups is 1. The number of nitrogens with zero attached hydrogens (tertiary/aromatic N) is 1. The number of fused-ring (bicyclic) bond motifs is 5. The van der Waals surface area contributed by atoms with E-state index in [0.29, 0.717) is 23.1 Å². The van der Waals surface area contributed by atoms with Gasteiger partial charge in [-0.3, -0.25) is 14.5 Å². The predicted octanol–water partition coefficient (Wildman–Crippen LogP) is 0.514. The molecule has 3 fully saturated rings.